The molecule has 2 N–H and O–H groups in total. The minimum absolute atomic E-state index is 0.154. The van der Waals surface area contributed by atoms with Crippen molar-refractivity contribution in [2.24, 2.45) is 5.73 Å². The van der Waals surface area contributed by atoms with Crippen molar-refractivity contribution in [2.75, 3.05) is 25.1 Å². The number of nitrogens with two attached hydrogens (primary N) is 1. The maximum atomic E-state index is 6.42. The van der Waals surface area contributed by atoms with Gasteiger partial charge in [0.25, 0.3) is 0 Å². The average molecular weight is 287 g/mol. The van der Waals surface area contributed by atoms with E-state index >= 15 is 0 Å². The Kier molecular flexibility index (Phi) is 4.24. The summed E-state index contributed by atoms with van der Waals surface area (Å²) in [4.78, 5) is 7.12. The summed E-state index contributed by atoms with van der Waals surface area (Å²) in [6.07, 6.45) is 0.848. The molecule has 2 aromatic rings. The lowest BCUT2D eigenvalue weighted by molar-refractivity contribution is 0.235. The van der Waals surface area contributed by atoms with E-state index in [2.05, 4.69) is 36.2 Å². The summed E-state index contributed by atoms with van der Waals surface area (Å²) in [5.41, 5.74) is 8.58. The van der Waals surface area contributed by atoms with E-state index < -0.39 is 0 Å². The van der Waals surface area contributed by atoms with Crippen LogP contribution in [0.2, 0.25) is 0 Å². The largest absolute Gasteiger partial charge is 0.326 e. The van der Waals surface area contributed by atoms with Crippen LogP contribution in [0.5, 0.6) is 0 Å². The maximum absolute atomic E-state index is 6.42. The number of rotatable bonds is 3. The van der Waals surface area contributed by atoms with Crippen molar-refractivity contribution in [2.45, 2.75) is 18.5 Å². The van der Waals surface area contributed by atoms with Crippen molar-refractivity contribution in [1.82, 2.24) is 9.88 Å². The molecule has 1 aliphatic heterocycles. The number of hydrogen-bond donors (Lipinski definition) is 1. The third-order valence-electron chi connectivity index (χ3n) is 4.04. The smallest absolute Gasteiger partial charge is 0.0705 e. The standard InChI is InChI=1S/C16H21N3S/c1-19-8-9-20-11-16(19)14(17)10-13-7-6-12-4-2-3-5-15(12)18-13/h2-7,14,16H,8-11,17H2,1H3. The van der Waals surface area contributed by atoms with Gasteiger partial charge in [-0.05, 0) is 19.2 Å². The Morgan fingerprint density at radius 3 is 3.05 bits per heavy atom. The van der Waals surface area contributed by atoms with Crippen LogP contribution in [-0.4, -0.2) is 47.1 Å². The molecule has 4 heteroatoms. The van der Waals surface area contributed by atoms with Gasteiger partial charge in [-0.1, -0.05) is 24.3 Å². The number of likely N-dealkylation sites (N-methyl/N-ethyl adjacent to an activating group) is 1. The number of nitrogens with zero attached hydrogens (tertiary/aromatic N) is 2. The molecule has 2 atom stereocenters. The molecule has 3 nitrogen and oxygen atoms in total. The molecule has 0 radical (unpaired) electrons. The monoisotopic (exact) mass is 287 g/mol. The van der Waals surface area contributed by atoms with Gasteiger partial charge in [-0.25, -0.2) is 0 Å². The van der Waals surface area contributed by atoms with Gasteiger partial charge in [-0.3, -0.25) is 4.98 Å². The Balaban J connectivity index is 1.74. The molecule has 0 bridgehead atoms. The maximum Gasteiger partial charge on any atom is 0.0705 e. The van der Waals surface area contributed by atoms with Gasteiger partial charge in [0.1, 0.15) is 0 Å². The molecule has 2 unspecified atom stereocenters. The van der Waals surface area contributed by atoms with E-state index in [0.29, 0.717) is 6.04 Å². The fourth-order valence-electron chi connectivity index (χ4n) is 2.76. The Morgan fingerprint density at radius 2 is 2.20 bits per heavy atom. The molecule has 106 valence electrons. The number of benzene rings is 1. The molecule has 0 saturated carbocycles. The van der Waals surface area contributed by atoms with Crippen LogP contribution in [-0.2, 0) is 6.42 Å². The van der Waals surface area contributed by atoms with Crippen LogP contribution in [0, 0.1) is 0 Å². The normalized spacial score (nSPS) is 22.0. The lowest BCUT2D eigenvalue weighted by Crippen LogP contribution is -2.51. The van der Waals surface area contributed by atoms with Gasteiger partial charge in [0.2, 0.25) is 0 Å². The van der Waals surface area contributed by atoms with E-state index in [0.717, 1.165) is 29.9 Å². The van der Waals surface area contributed by atoms with Crippen LogP contribution in [0.4, 0.5) is 0 Å². The van der Waals surface area contributed by atoms with Gasteiger partial charge in [-0.15, -0.1) is 0 Å². The van der Waals surface area contributed by atoms with Gasteiger partial charge >= 0.3 is 0 Å². The first-order valence-electron chi connectivity index (χ1n) is 7.12. The van der Waals surface area contributed by atoms with E-state index in [4.69, 9.17) is 10.7 Å². The van der Waals surface area contributed by atoms with Crippen LogP contribution in [0.15, 0.2) is 36.4 Å². The van der Waals surface area contributed by atoms with Gasteiger partial charge in [0.05, 0.1) is 5.52 Å². The molecular weight excluding hydrogens is 266 g/mol. The second-order valence-corrected chi connectivity index (χ2v) is 6.64. The highest BCUT2D eigenvalue weighted by atomic mass is 32.2. The quantitative estimate of drug-likeness (QED) is 0.939. The highest BCUT2D eigenvalue weighted by molar-refractivity contribution is 7.99. The summed E-state index contributed by atoms with van der Waals surface area (Å²) >= 11 is 2.01. The number of para-hydroxylation sites is 1. The third kappa shape index (κ3) is 2.97. The van der Waals surface area contributed by atoms with Crippen LogP contribution in [0.1, 0.15) is 5.69 Å². The van der Waals surface area contributed by atoms with Crippen molar-refractivity contribution in [3.8, 4) is 0 Å². The van der Waals surface area contributed by atoms with Crippen molar-refractivity contribution in [1.29, 1.82) is 0 Å². The summed E-state index contributed by atoms with van der Waals surface area (Å²) in [7, 11) is 2.18. The minimum Gasteiger partial charge on any atom is -0.326 e. The molecule has 20 heavy (non-hydrogen) atoms. The van der Waals surface area contributed by atoms with Gasteiger partial charge in [0, 0.05) is 47.6 Å². The molecule has 0 amide bonds. The first-order valence-corrected chi connectivity index (χ1v) is 8.28. The molecular formula is C16H21N3S. The zero-order valence-electron chi connectivity index (χ0n) is 11.8. The zero-order chi connectivity index (χ0) is 13.9. The van der Waals surface area contributed by atoms with Crippen molar-refractivity contribution >= 4 is 22.7 Å². The van der Waals surface area contributed by atoms with E-state index in [9.17, 15) is 0 Å². The van der Waals surface area contributed by atoms with Gasteiger partial charge < -0.3 is 10.6 Å². The first-order chi connectivity index (χ1) is 9.74. The van der Waals surface area contributed by atoms with Crippen LogP contribution >= 0.6 is 11.8 Å². The Labute approximate surface area is 124 Å². The van der Waals surface area contributed by atoms with E-state index in [1.807, 2.05) is 23.9 Å². The van der Waals surface area contributed by atoms with E-state index in [-0.39, 0.29) is 6.04 Å². The highest BCUT2D eigenvalue weighted by Gasteiger charge is 2.25. The van der Waals surface area contributed by atoms with Crippen LogP contribution in [0.3, 0.4) is 0 Å². The second kappa shape index (κ2) is 6.12. The lowest BCUT2D eigenvalue weighted by atomic mass is 10.0. The summed E-state index contributed by atoms with van der Waals surface area (Å²) in [6.45, 7) is 1.13. The zero-order valence-corrected chi connectivity index (χ0v) is 12.6. The Hall–Kier alpha value is -1.10. The van der Waals surface area contributed by atoms with Gasteiger partial charge in [-0.2, -0.15) is 11.8 Å². The van der Waals surface area contributed by atoms with E-state index in [1.165, 1.54) is 11.1 Å². The number of hydrogen-bond acceptors (Lipinski definition) is 4. The second-order valence-electron chi connectivity index (χ2n) is 5.49. The van der Waals surface area contributed by atoms with Crippen molar-refractivity contribution in [3.63, 3.8) is 0 Å². The topological polar surface area (TPSA) is 42.1 Å². The molecule has 1 fully saturated rings. The number of pyridine rings is 1. The number of aromatic nitrogens is 1. The molecule has 1 aliphatic rings. The summed E-state index contributed by atoms with van der Waals surface area (Å²) in [6, 6.07) is 13.1. The number of fused-ring (bicyclic) bond motifs is 1. The van der Waals surface area contributed by atoms with E-state index in [1.54, 1.807) is 0 Å². The van der Waals surface area contributed by atoms with Gasteiger partial charge in [0.15, 0.2) is 0 Å². The molecule has 3 rings (SSSR count). The third-order valence-corrected chi connectivity index (χ3v) is 5.09. The summed E-state index contributed by atoms with van der Waals surface area (Å²) in [5.74, 6) is 2.35. The number of thioether (sulfide) groups is 1. The molecule has 2 heterocycles. The molecule has 0 aliphatic carbocycles. The predicted octanol–water partition coefficient (Wildman–Crippen LogP) is 2.15. The molecule has 1 aromatic heterocycles. The molecule has 0 spiro atoms. The van der Waals surface area contributed by atoms with Crippen molar-refractivity contribution in [3.05, 3.63) is 42.1 Å². The SMILES string of the molecule is CN1CCSCC1C(N)Cc1ccc2ccccc2n1. The van der Waals surface area contributed by atoms with Crippen LogP contribution < -0.4 is 5.73 Å². The first kappa shape index (κ1) is 13.9. The fraction of sp³-hybridized carbons (Fsp3) is 0.438. The lowest BCUT2D eigenvalue weighted by Gasteiger charge is -2.36. The Bertz CT molecular complexity index is 587. The molecule has 1 aromatic carbocycles. The summed E-state index contributed by atoms with van der Waals surface area (Å²) < 4.78 is 0. The van der Waals surface area contributed by atoms with Crippen molar-refractivity contribution < 1.29 is 0 Å². The average Bonchev–Trinajstić information content (AvgIpc) is 2.47. The highest BCUT2D eigenvalue weighted by Crippen LogP contribution is 2.19. The fourth-order valence-corrected chi connectivity index (χ4v) is 4.08. The molecule has 1 saturated heterocycles. The van der Waals surface area contributed by atoms with Crippen LogP contribution in [0.25, 0.3) is 10.9 Å². The Morgan fingerprint density at radius 1 is 1.35 bits per heavy atom. The minimum atomic E-state index is 0.154. The summed E-state index contributed by atoms with van der Waals surface area (Å²) in [5, 5.41) is 1.19. The predicted molar refractivity (Wildman–Crippen MR) is 87.2 cm³/mol.